The second-order valence-electron chi connectivity index (χ2n) is 5.33. The topological polar surface area (TPSA) is 60.3 Å². The van der Waals surface area contributed by atoms with Gasteiger partial charge in [-0.05, 0) is 44.0 Å². The number of benzene rings is 1. The van der Waals surface area contributed by atoms with E-state index in [1.54, 1.807) is 18.3 Å². The minimum atomic E-state index is -0.322. The zero-order chi connectivity index (χ0) is 16.3. The predicted octanol–water partition coefficient (Wildman–Crippen LogP) is 2.42. The fraction of sp³-hybridized carbons (Fsp3) is 0.294. The Bertz CT molecular complexity index is 740. The lowest BCUT2D eigenvalue weighted by atomic mass is 10.1. The maximum atomic E-state index is 12.2. The summed E-state index contributed by atoms with van der Waals surface area (Å²) in [7, 11) is 1.43. The molecule has 0 fully saturated rings. The van der Waals surface area contributed by atoms with Gasteiger partial charge in [0.1, 0.15) is 6.54 Å². The molecular formula is C17H20N2O3. The predicted molar refractivity (Wildman–Crippen MR) is 86.5 cm³/mol. The minimum absolute atomic E-state index is 0.0528. The van der Waals surface area contributed by atoms with Crippen LogP contribution in [0.3, 0.4) is 0 Å². The molecular weight excluding hydrogens is 280 g/mol. The lowest BCUT2D eigenvalue weighted by Gasteiger charge is -2.13. The van der Waals surface area contributed by atoms with Crippen LogP contribution in [-0.2, 0) is 11.3 Å². The Balaban J connectivity index is 2.20. The first-order chi connectivity index (χ1) is 10.4. The number of amides is 1. The summed E-state index contributed by atoms with van der Waals surface area (Å²) in [5.74, 6) is -0.0246. The smallest absolute Gasteiger partial charge is 0.293 e. The van der Waals surface area contributed by atoms with Gasteiger partial charge >= 0.3 is 0 Å². The summed E-state index contributed by atoms with van der Waals surface area (Å²) in [5, 5.41) is 2.88. The number of anilines is 1. The number of pyridine rings is 1. The zero-order valence-electron chi connectivity index (χ0n) is 13.3. The Morgan fingerprint density at radius 2 is 1.86 bits per heavy atom. The monoisotopic (exact) mass is 300 g/mol. The number of hydrogen-bond donors (Lipinski definition) is 1. The molecule has 2 aromatic rings. The van der Waals surface area contributed by atoms with Crippen molar-refractivity contribution in [1.29, 1.82) is 0 Å². The van der Waals surface area contributed by atoms with Gasteiger partial charge in [-0.3, -0.25) is 9.59 Å². The van der Waals surface area contributed by atoms with Crippen LogP contribution in [0, 0.1) is 20.8 Å². The lowest BCUT2D eigenvalue weighted by Crippen LogP contribution is -2.28. The molecule has 0 unspecified atom stereocenters. The van der Waals surface area contributed by atoms with Crippen LogP contribution in [0.25, 0.3) is 0 Å². The van der Waals surface area contributed by atoms with E-state index < -0.39 is 0 Å². The molecule has 0 radical (unpaired) electrons. The molecule has 116 valence electrons. The van der Waals surface area contributed by atoms with Gasteiger partial charge in [-0.25, -0.2) is 0 Å². The quantitative estimate of drug-likeness (QED) is 0.943. The third kappa shape index (κ3) is 3.36. The third-order valence-corrected chi connectivity index (χ3v) is 3.46. The number of methoxy groups -OCH3 is 1. The average Bonchev–Trinajstić information content (AvgIpc) is 2.45. The Hall–Kier alpha value is -2.56. The van der Waals surface area contributed by atoms with E-state index in [4.69, 9.17) is 4.74 Å². The van der Waals surface area contributed by atoms with Crippen molar-refractivity contribution < 1.29 is 9.53 Å². The van der Waals surface area contributed by atoms with Crippen molar-refractivity contribution in [1.82, 2.24) is 4.57 Å². The second kappa shape index (κ2) is 6.47. The normalized spacial score (nSPS) is 10.4. The summed E-state index contributed by atoms with van der Waals surface area (Å²) in [6.45, 7) is 5.87. The number of nitrogens with one attached hydrogen (secondary N) is 1. The van der Waals surface area contributed by atoms with Crippen LogP contribution >= 0.6 is 0 Å². The van der Waals surface area contributed by atoms with Crippen molar-refractivity contribution >= 4 is 11.6 Å². The lowest BCUT2D eigenvalue weighted by molar-refractivity contribution is -0.116. The van der Waals surface area contributed by atoms with Gasteiger partial charge < -0.3 is 14.6 Å². The van der Waals surface area contributed by atoms with Gasteiger partial charge in [0.25, 0.3) is 5.56 Å². The Morgan fingerprint density at radius 3 is 2.45 bits per heavy atom. The van der Waals surface area contributed by atoms with Crippen LogP contribution in [0.2, 0.25) is 0 Å². The average molecular weight is 300 g/mol. The molecule has 0 bridgehead atoms. The van der Waals surface area contributed by atoms with E-state index in [-0.39, 0.29) is 23.8 Å². The SMILES string of the molecule is COc1cccn(CC(=O)Nc2c(C)cc(C)cc2C)c1=O. The number of nitrogens with zero attached hydrogens (tertiary/aromatic N) is 1. The summed E-state index contributed by atoms with van der Waals surface area (Å²) >= 11 is 0. The maximum Gasteiger partial charge on any atom is 0.293 e. The molecule has 1 amide bonds. The molecule has 0 aliphatic heterocycles. The third-order valence-electron chi connectivity index (χ3n) is 3.46. The minimum Gasteiger partial charge on any atom is -0.491 e. The van der Waals surface area contributed by atoms with E-state index in [9.17, 15) is 9.59 Å². The fourth-order valence-corrected chi connectivity index (χ4v) is 2.51. The fourth-order valence-electron chi connectivity index (χ4n) is 2.51. The highest BCUT2D eigenvalue weighted by Crippen LogP contribution is 2.21. The van der Waals surface area contributed by atoms with Gasteiger partial charge in [0, 0.05) is 11.9 Å². The number of aryl methyl sites for hydroxylation is 3. The molecule has 0 atom stereocenters. The van der Waals surface area contributed by atoms with Crippen molar-refractivity contribution in [2.45, 2.75) is 27.3 Å². The first-order valence-corrected chi connectivity index (χ1v) is 7.03. The van der Waals surface area contributed by atoms with Gasteiger partial charge in [-0.1, -0.05) is 17.7 Å². The molecule has 2 rings (SSSR count). The largest absolute Gasteiger partial charge is 0.491 e. The molecule has 0 saturated heterocycles. The van der Waals surface area contributed by atoms with Crippen molar-refractivity contribution in [3.63, 3.8) is 0 Å². The van der Waals surface area contributed by atoms with E-state index >= 15 is 0 Å². The number of rotatable bonds is 4. The summed E-state index contributed by atoms with van der Waals surface area (Å²) in [6, 6.07) is 7.28. The number of carbonyl (C=O) groups is 1. The van der Waals surface area contributed by atoms with Gasteiger partial charge in [-0.2, -0.15) is 0 Å². The van der Waals surface area contributed by atoms with E-state index in [1.165, 1.54) is 11.7 Å². The molecule has 0 spiro atoms. The molecule has 5 heteroatoms. The van der Waals surface area contributed by atoms with Gasteiger partial charge in [0.15, 0.2) is 5.75 Å². The molecule has 1 heterocycles. The Kier molecular flexibility index (Phi) is 4.65. The van der Waals surface area contributed by atoms with E-state index in [0.29, 0.717) is 0 Å². The summed E-state index contributed by atoms with van der Waals surface area (Å²) in [5.41, 5.74) is 3.63. The van der Waals surface area contributed by atoms with Crippen LogP contribution in [-0.4, -0.2) is 17.6 Å². The summed E-state index contributed by atoms with van der Waals surface area (Å²) in [6.07, 6.45) is 1.57. The van der Waals surface area contributed by atoms with Crippen molar-refractivity contribution in [3.05, 3.63) is 57.5 Å². The Labute approximate surface area is 129 Å². The molecule has 1 aromatic carbocycles. The zero-order valence-corrected chi connectivity index (χ0v) is 13.3. The van der Waals surface area contributed by atoms with E-state index in [2.05, 4.69) is 5.32 Å². The highest BCUT2D eigenvalue weighted by atomic mass is 16.5. The van der Waals surface area contributed by atoms with Gasteiger partial charge in [-0.15, -0.1) is 0 Å². The molecule has 0 aliphatic rings. The van der Waals surface area contributed by atoms with Gasteiger partial charge in [0.2, 0.25) is 5.91 Å². The van der Waals surface area contributed by atoms with Crippen LogP contribution in [0.5, 0.6) is 5.75 Å². The Morgan fingerprint density at radius 1 is 1.23 bits per heavy atom. The first-order valence-electron chi connectivity index (χ1n) is 7.03. The maximum absolute atomic E-state index is 12.2. The number of carbonyl (C=O) groups excluding carboxylic acids is 1. The van der Waals surface area contributed by atoms with Crippen LogP contribution in [0.4, 0.5) is 5.69 Å². The van der Waals surface area contributed by atoms with Crippen LogP contribution in [0.15, 0.2) is 35.3 Å². The molecule has 0 aliphatic carbocycles. The standard InChI is InChI=1S/C17H20N2O3/c1-11-8-12(2)16(13(3)9-11)18-15(20)10-19-7-5-6-14(22-4)17(19)21/h5-9H,10H2,1-4H3,(H,18,20). The number of ether oxygens (including phenoxy) is 1. The number of aromatic nitrogens is 1. The summed E-state index contributed by atoms with van der Waals surface area (Å²) in [4.78, 5) is 24.2. The second-order valence-corrected chi connectivity index (χ2v) is 5.33. The molecule has 1 N–H and O–H groups in total. The van der Waals surface area contributed by atoms with Crippen molar-refractivity contribution in [3.8, 4) is 5.75 Å². The van der Waals surface area contributed by atoms with Crippen LogP contribution in [0.1, 0.15) is 16.7 Å². The van der Waals surface area contributed by atoms with Crippen LogP contribution < -0.4 is 15.6 Å². The van der Waals surface area contributed by atoms with Gasteiger partial charge in [0.05, 0.1) is 7.11 Å². The molecule has 0 saturated carbocycles. The summed E-state index contributed by atoms with van der Waals surface area (Å²) < 4.78 is 6.30. The van der Waals surface area contributed by atoms with E-state index in [1.807, 2.05) is 32.9 Å². The number of hydrogen-bond acceptors (Lipinski definition) is 3. The first kappa shape index (κ1) is 15.8. The molecule has 22 heavy (non-hydrogen) atoms. The molecule has 1 aromatic heterocycles. The van der Waals surface area contributed by atoms with Crippen molar-refractivity contribution in [2.24, 2.45) is 0 Å². The highest BCUT2D eigenvalue weighted by molar-refractivity contribution is 5.92. The highest BCUT2D eigenvalue weighted by Gasteiger charge is 2.11. The molecule has 5 nitrogen and oxygen atoms in total. The van der Waals surface area contributed by atoms with E-state index in [0.717, 1.165) is 22.4 Å². The van der Waals surface area contributed by atoms with Crippen molar-refractivity contribution in [2.75, 3.05) is 12.4 Å².